The Morgan fingerprint density at radius 1 is 0.767 bits per heavy atom. The van der Waals surface area contributed by atoms with E-state index in [0.717, 1.165) is 51.4 Å². The van der Waals surface area contributed by atoms with Crippen molar-refractivity contribution in [1.82, 2.24) is 0 Å². The van der Waals surface area contributed by atoms with Gasteiger partial charge in [0, 0.05) is 37.6 Å². The second-order valence-electron chi connectivity index (χ2n) is 15.0. The molecule has 1 aliphatic rings. The molecule has 13 heteroatoms. The van der Waals surface area contributed by atoms with E-state index in [-0.39, 0.29) is 56.6 Å². The molecule has 1 fully saturated rings. The first kappa shape index (κ1) is 54.8. The maximum atomic E-state index is 12.7. The van der Waals surface area contributed by atoms with E-state index >= 15 is 0 Å². The molecule has 0 saturated heterocycles. The molecule has 12 nitrogen and oxygen atoms in total. The summed E-state index contributed by atoms with van der Waals surface area (Å²) in [7, 11) is -4.48. The van der Waals surface area contributed by atoms with Gasteiger partial charge < -0.3 is 30.3 Å². The van der Waals surface area contributed by atoms with E-state index < -0.39 is 44.7 Å². The van der Waals surface area contributed by atoms with E-state index in [0.29, 0.717) is 32.1 Å². The van der Waals surface area contributed by atoms with Crippen LogP contribution in [0.3, 0.4) is 0 Å². The van der Waals surface area contributed by atoms with Gasteiger partial charge in [0.15, 0.2) is 6.10 Å². The number of Topliss-reactive ketones (excluding diaryl/α,β-unsaturated/α-hetero) is 1. The largest absolute Gasteiger partial charge is 0.472 e. The molecule has 60 heavy (non-hydrogen) atoms. The normalized spacial score (nSPS) is 19.6. The summed E-state index contributed by atoms with van der Waals surface area (Å²) in [6.45, 7) is 3.17. The van der Waals surface area contributed by atoms with Crippen LogP contribution in [0.2, 0.25) is 0 Å². The van der Waals surface area contributed by atoms with Crippen molar-refractivity contribution in [2.75, 3.05) is 26.4 Å². The van der Waals surface area contributed by atoms with E-state index in [2.05, 4.69) is 62.5 Å². The first-order valence-corrected chi connectivity index (χ1v) is 23.7. The fourth-order valence-corrected chi connectivity index (χ4v) is 7.01. The summed E-state index contributed by atoms with van der Waals surface area (Å²) in [6.07, 6.45) is 39.9. The lowest BCUT2D eigenvalue weighted by molar-refractivity contribution is -0.161. The summed E-state index contributed by atoms with van der Waals surface area (Å²) in [6, 6.07) is 0. The van der Waals surface area contributed by atoms with E-state index in [1.807, 2.05) is 24.3 Å². The molecular formula is C47H76NO11P. The van der Waals surface area contributed by atoms with E-state index in [1.165, 1.54) is 19.3 Å². The second kappa shape index (κ2) is 36.4. The number of ether oxygens (including phenoxy) is 2. The molecule has 0 heterocycles. The van der Waals surface area contributed by atoms with E-state index in [1.54, 1.807) is 12.2 Å². The van der Waals surface area contributed by atoms with Gasteiger partial charge in [-0.05, 0) is 70.6 Å². The Labute approximate surface area is 360 Å². The standard InChI is InChI=1S/C47H76NO11P/c1-3-5-7-8-9-10-11-12-13-14-15-16-17-18-19-20-21-22-27-31-46(52)56-38-41(39-58-60(54,55)57-36-35-48)59-47(53)32-28-24-23-26-30-42-43(45(51)37-44(42)50)34-33-40(49)29-25-6-4-2/h9-10,12-13,15-16,18-19,21-23,26,33-34,40-43,45,49,51H,3-8,11,14,17,20,24-25,27-32,35-39,48H2,1-2H3,(H,54,55)/b10-9-,13-12-,16-15-,19-18-,22-21-,26-23-,34-33+/t40-,41+,42+,43+,45+/m0/s1. The molecule has 5 N–H and O–H groups in total. The maximum absolute atomic E-state index is 12.7. The fourth-order valence-electron chi connectivity index (χ4n) is 6.24. The monoisotopic (exact) mass is 862 g/mol. The van der Waals surface area contributed by atoms with Crippen LogP contribution in [0.5, 0.6) is 0 Å². The molecule has 6 atom stereocenters. The number of unbranched alkanes of at least 4 members (excludes halogenated alkanes) is 6. The maximum Gasteiger partial charge on any atom is 0.472 e. The Morgan fingerprint density at radius 2 is 1.35 bits per heavy atom. The van der Waals surface area contributed by atoms with Gasteiger partial charge >= 0.3 is 19.8 Å². The summed E-state index contributed by atoms with van der Waals surface area (Å²) in [5, 5.41) is 20.7. The molecule has 1 saturated carbocycles. The van der Waals surface area contributed by atoms with Crippen LogP contribution in [-0.2, 0) is 37.5 Å². The van der Waals surface area contributed by atoms with Crippen LogP contribution in [0.25, 0.3) is 0 Å². The van der Waals surface area contributed by atoms with Gasteiger partial charge in [0.25, 0.3) is 0 Å². The Hall–Kier alpha value is -3.22. The van der Waals surface area contributed by atoms with Gasteiger partial charge in [-0.2, -0.15) is 0 Å². The van der Waals surface area contributed by atoms with Gasteiger partial charge in [0.1, 0.15) is 12.4 Å². The van der Waals surface area contributed by atoms with Crippen LogP contribution >= 0.6 is 7.82 Å². The molecule has 1 rings (SSSR count). The third-order valence-electron chi connectivity index (χ3n) is 9.64. The van der Waals surface area contributed by atoms with E-state index in [9.17, 15) is 34.1 Å². The highest BCUT2D eigenvalue weighted by Crippen LogP contribution is 2.43. The minimum atomic E-state index is -4.48. The van der Waals surface area contributed by atoms with Crippen LogP contribution < -0.4 is 5.73 Å². The Bertz CT molecular complexity index is 1420. The van der Waals surface area contributed by atoms with Gasteiger partial charge in [-0.15, -0.1) is 0 Å². The van der Waals surface area contributed by atoms with Crippen LogP contribution in [0.1, 0.15) is 136 Å². The topological polar surface area (TPSA) is 192 Å². The third kappa shape index (κ3) is 29.9. The average molecular weight is 862 g/mol. The number of nitrogens with two attached hydrogens (primary N) is 1. The predicted octanol–water partition coefficient (Wildman–Crippen LogP) is 9.42. The number of aliphatic hydroxyl groups is 2. The molecule has 0 amide bonds. The highest BCUT2D eigenvalue weighted by molar-refractivity contribution is 7.47. The summed E-state index contributed by atoms with van der Waals surface area (Å²) < 4.78 is 32.6. The van der Waals surface area contributed by atoms with Crippen molar-refractivity contribution in [1.29, 1.82) is 0 Å². The van der Waals surface area contributed by atoms with Gasteiger partial charge in [-0.3, -0.25) is 23.4 Å². The molecule has 0 aliphatic heterocycles. The van der Waals surface area contributed by atoms with Crippen LogP contribution in [0, 0.1) is 11.8 Å². The summed E-state index contributed by atoms with van der Waals surface area (Å²) in [5.74, 6) is -1.90. The zero-order valence-corrected chi connectivity index (χ0v) is 37.3. The van der Waals surface area contributed by atoms with Crippen molar-refractivity contribution in [2.45, 2.75) is 154 Å². The number of allylic oxidation sites excluding steroid dienone is 12. The number of esters is 2. The van der Waals surface area contributed by atoms with Crippen LogP contribution in [-0.4, -0.2) is 77.5 Å². The number of rotatable bonds is 36. The number of ketones is 1. The summed E-state index contributed by atoms with van der Waals surface area (Å²) >= 11 is 0. The molecule has 0 bridgehead atoms. The lowest BCUT2D eigenvalue weighted by Gasteiger charge is -2.19. The van der Waals surface area contributed by atoms with Crippen LogP contribution in [0.15, 0.2) is 85.1 Å². The van der Waals surface area contributed by atoms with Gasteiger partial charge in [-0.25, -0.2) is 4.57 Å². The average Bonchev–Trinajstić information content (AvgIpc) is 3.49. The fraction of sp³-hybridized carbons (Fsp3) is 0.638. The third-order valence-corrected chi connectivity index (χ3v) is 10.6. The number of hydrogen-bond acceptors (Lipinski definition) is 11. The molecule has 0 aromatic rings. The molecular weight excluding hydrogens is 785 g/mol. The zero-order chi connectivity index (χ0) is 44.1. The molecule has 1 aliphatic carbocycles. The highest BCUT2D eigenvalue weighted by Gasteiger charge is 2.39. The van der Waals surface area contributed by atoms with Crippen molar-refractivity contribution >= 4 is 25.5 Å². The van der Waals surface area contributed by atoms with Crippen molar-refractivity contribution in [2.24, 2.45) is 17.6 Å². The smallest absolute Gasteiger partial charge is 0.462 e. The lowest BCUT2D eigenvalue weighted by atomic mass is 9.90. The molecule has 0 aromatic heterocycles. The summed E-state index contributed by atoms with van der Waals surface area (Å²) in [4.78, 5) is 47.6. The molecule has 0 radical (unpaired) electrons. The van der Waals surface area contributed by atoms with E-state index in [4.69, 9.17) is 24.3 Å². The zero-order valence-electron chi connectivity index (χ0n) is 36.4. The van der Waals surface area contributed by atoms with Crippen molar-refractivity contribution in [3.63, 3.8) is 0 Å². The SMILES string of the molecule is CCCCC/C=C\C/C=C\C/C=C\C/C=C\C/C=C\CCC(=O)OC[C@H](COP(=O)(O)OCCN)OC(=O)CCC/C=C\C[C@H]1C(=O)C[C@@H](O)[C@@H]1/C=C/[C@@H](O)CCCCC. The Balaban J connectivity index is 2.46. The molecule has 0 aromatic carbocycles. The van der Waals surface area contributed by atoms with Crippen molar-refractivity contribution in [3.05, 3.63) is 85.1 Å². The van der Waals surface area contributed by atoms with Gasteiger partial charge in [-0.1, -0.05) is 131 Å². The summed E-state index contributed by atoms with van der Waals surface area (Å²) in [5.41, 5.74) is 5.34. The molecule has 1 unspecified atom stereocenters. The minimum Gasteiger partial charge on any atom is -0.462 e. The Kier molecular flexibility index (Phi) is 33.3. The predicted molar refractivity (Wildman–Crippen MR) is 239 cm³/mol. The number of carbonyl (C=O) groups excluding carboxylic acids is 3. The molecule has 340 valence electrons. The quantitative estimate of drug-likeness (QED) is 0.0202. The number of phosphoric ester groups is 1. The Morgan fingerprint density at radius 3 is 1.98 bits per heavy atom. The number of hydrogen-bond donors (Lipinski definition) is 4. The molecule has 0 spiro atoms. The van der Waals surface area contributed by atoms with Crippen LogP contribution in [0.4, 0.5) is 0 Å². The van der Waals surface area contributed by atoms with Crippen molar-refractivity contribution in [3.8, 4) is 0 Å². The van der Waals surface area contributed by atoms with Gasteiger partial charge in [0.05, 0.1) is 25.4 Å². The highest BCUT2D eigenvalue weighted by atomic mass is 31.2. The van der Waals surface area contributed by atoms with Gasteiger partial charge in [0.2, 0.25) is 0 Å². The number of phosphoric acid groups is 1. The first-order valence-electron chi connectivity index (χ1n) is 22.2. The first-order chi connectivity index (χ1) is 29.0. The number of aliphatic hydroxyl groups excluding tert-OH is 2. The number of carbonyl (C=O) groups is 3. The minimum absolute atomic E-state index is 0.00370. The van der Waals surface area contributed by atoms with Crippen molar-refractivity contribution < 1.29 is 52.6 Å². The second-order valence-corrected chi connectivity index (χ2v) is 16.4. The lowest BCUT2D eigenvalue weighted by Crippen LogP contribution is -2.29.